The van der Waals surface area contributed by atoms with Gasteiger partial charge in [-0.25, -0.2) is 4.98 Å². The molecule has 1 amide bonds. The molecule has 0 radical (unpaired) electrons. The molecule has 3 rings (SSSR count). The van der Waals surface area contributed by atoms with Gasteiger partial charge in [-0.15, -0.1) is 0 Å². The summed E-state index contributed by atoms with van der Waals surface area (Å²) in [6, 6.07) is 5.77. The predicted octanol–water partition coefficient (Wildman–Crippen LogP) is 1.31. The van der Waals surface area contributed by atoms with Crippen molar-refractivity contribution in [2.45, 2.75) is 26.7 Å². The molecule has 2 aromatic rings. The molecule has 0 saturated heterocycles. The second-order valence-electron chi connectivity index (χ2n) is 6.55. The van der Waals surface area contributed by atoms with Crippen LogP contribution in [0.3, 0.4) is 0 Å². The SMILES string of the molecule is COc1ccc2c(c1)OCC(CNC(=O)Cc1c(C)nc(C)[nH]c1=O)C2. The molecule has 1 unspecified atom stereocenters. The van der Waals surface area contributed by atoms with Crippen LogP contribution >= 0.6 is 0 Å². The molecule has 1 aromatic carbocycles. The van der Waals surface area contributed by atoms with Crippen LogP contribution < -0.4 is 20.3 Å². The van der Waals surface area contributed by atoms with Gasteiger partial charge in [-0.2, -0.15) is 0 Å². The molecule has 7 nitrogen and oxygen atoms in total. The van der Waals surface area contributed by atoms with Crippen molar-refractivity contribution in [3.05, 3.63) is 51.2 Å². The van der Waals surface area contributed by atoms with Gasteiger partial charge in [0, 0.05) is 29.8 Å². The van der Waals surface area contributed by atoms with Gasteiger partial charge in [-0.1, -0.05) is 6.07 Å². The molecule has 138 valence electrons. The van der Waals surface area contributed by atoms with E-state index in [2.05, 4.69) is 15.3 Å². The van der Waals surface area contributed by atoms with Crippen molar-refractivity contribution < 1.29 is 14.3 Å². The molecule has 1 atom stereocenters. The van der Waals surface area contributed by atoms with E-state index in [9.17, 15) is 9.59 Å². The minimum Gasteiger partial charge on any atom is -0.497 e. The zero-order chi connectivity index (χ0) is 18.7. The number of hydrogen-bond acceptors (Lipinski definition) is 5. The van der Waals surface area contributed by atoms with Crippen LogP contribution in [0.2, 0.25) is 0 Å². The van der Waals surface area contributed by atoms with E-state index >= 15 is 0 Å². The molecule has 7 heteroatoms. The van der Waals surface area contributed by atoms with E-state index in [-0.39, 0.29) is 23.8 Å². The van der Waals surface area contributed by atoms with Gasteiger partial charge >= 0.3 is 0 Å². The van der Waals surface area contributed by atoms with Crippen molar-refractivity contribution >= 4 is 5.91 Å². The van der Waals surface area contributed by atoms with Crippen molar-refractivity contribution in [1.29, 1.82) is 0 Å². The molecule has 1 aliphatic heterocycles. The summed E-state index contributed by atoms with van der Waals surface area (Å²) >= 11 is 0. The van der Waals surface area contributed by atoms with Crippen molar-refractivity contribution in [3.63, 3.8) is 0 Å². The Bertz CT molecular complexity index is 876. The zero-order valence-electron chi connectivity index (χ0n) is 15.2. The third-order valence-corrected chi connectivity index (χ3v) is 4.52. The van der Waals surface area contributed by atoms with Crippen molar-refractivity contribution in [2.75, 3.05) is 20.3 Å². The number of rotatable bonds is 5. The fourth-order valence-electron chi connectivity index (χ4n) is 3.11. The summed E-state index contributed by atoms with van der Waals surface area (Å²) in [6.45, 7) is 4.49. The topological polar surface area (TPSA) is 93.3 Å². The second-order valence-corrected chi connectivity index (χ2v) is 6.55. The Hall–Kier alpha value is -2.83. The van der Waals surface area contributed by atoms with E-state index < -0.39 is 0 Å². The highest BCUT2D eigenvalue weighted by Crippen LogP contribution is 2.30. The number of aryl methyl sites for hydroxylation is 2. The van der Waals surface area contributed by atoms with E-state index in [1.165, 1.54) is 0 Å². The molecule has 1 aromatic heterocycles. The van der Waals surface area contributed by atoms with Crippen LogP contribution in [-0.2, 0) is 17.6 Å². The standard InChI is InChI=1S/C19H23N3O4/c1-11-16(19(24)22-12(2)21-11)8-18(23)20-9-13-6-14-4-5-15(25-3)7-17(14)26-10-13/h4-5,7,13H,6,8-10H2,1-3H3,(H,20,23)(H,21,22,24). The highest BCUT2D eigenvalue weighted by atomic mass is 16.5. The lowest BCUT2D eigenvalue weighted by molar-refractivity contribution is -0.120. The summed E-state index contributed by atoms with van der Waals surface area (Å²) in [5, 5.41) is 2.90. The summed E-state index contributed by atoms with van der Waals surface area (Å²) in [4.78, 5) is 31.1. The van der Waals surface area contributed by atoms with Crippen LogP contribution in [0.5, 0.6) is 11.5 Å². The maximum atomic E-state index is 12.2. The molecule has 0 aliphatic carbocycles. The lowest BCUT2D eigenvalue weighted by Gasteiger charge is -2.25. The summed E-state index contributed by atoms with van der Waals surface area (Å²) in [6.07, 6.45) is 0.848. The number of amides is 1. The average molecular weight is 357 g/mol. The second kappa shape index (κ2) is 7.59. The number of methoxy groups -OCH3 is 1. The van der Waals surface area contributed by atoms with Gasteiger partial charge in [0.15, 0.2) is 0 Å². The van der Waals surface area contributed by atoms with Gasteiger partial charge in [0.05, 0.1) is 20.1 Å². The van der Waals surface area contributed by atoms with Gasteiger partial charge in [-0.05, 0) is 31.9 Å². The van der Waals surface area contributed by atoms with Gasteiger partial charge in [0.1, 0.15) is 17.3 Å². The van der Waals surface area contributed by atoms with Gasteiger partial charge in [-0.3, -0.25) is 9.59 Å². The van der Waals surface area contributed by atoms with Crippen molar-refractivity contribution in [3.8, 4) is 11.5 Å². The van der Waals surface area contributed by atoms with Gasteiger partial charge in [0.2, 0.25) is 5.91 Å². The molecule has 2 N–H and O–H groups in total. The maximum Gasteiger partial charge on any atom is 0.254 e. The van der Waals surface area contributed by atoms with Crippen molar-refractivity contribution in [2.24, 2.45) is 5.92 Å². The lowest BCUT2D eigenvalue weighted by Crippen LogP contribution is -2.36. The fourth-order valence-corrected chi connectivity index (χ4v) is 3.11. The highest BCUT2D eigenvalue weighted by Gasteiger charge is 2.21. The number of fused-ring (bicyclic) bond motifs is 1. The van der Waals surface area contributed by atoms with Gasteiger partial charge in [0.25, 0.3) is 5.56 Å². The summed E-state index contributed by atoms with van der Waals surface area (Å²) < 4.78 is 11.0. The fraction of sp³-hybridized carbons (Fsp3) is 0.421. The van der Waals surface area contributed by atoms with E-state index in [1.807, 2.05) is 18.2 Å². The highest BCUT2D eigenvalue weighted by molar-refractivity contribution is 5.78. The van der Waals surface area contributed by atoms with E-state index in [1.54, 1.807) is 21.0 Å². The molecule has 1 aliphatic rings. The third-order valence-electron chi connectivity index (χ3n) is 4.52. The molecule has 0 saturated carbocycles. The molecule has 0 bridgehead atoms. The minimum atomic E-state index is -0.256. The Kier molecular flexibility index (Phi) is 5.25. The normalized spacial score (nSPS) is 15.7. The largest absolute Gasteiger partial charge is 0.497 e. The number of H-pyrrole nitrogens is 1. The Morgan fingerprint density at radius 1 is 1.42 bits per heavy atom. The maximum absolute atomic E-state index is 12.2. The number of carbonyl (C=O) groups is 1. The summed E-state index contributed by atoms with van der Waals surface area (Å²) in [5.41, 5.74) is 1.84. The predicted molar refractivity (Wildman–Crippen MR) is 96.7 cm³/mol. The molecule has 2 heterocycles. The Morgan fingerprint density at radius 3 is 2.96 bits per heavy atom. The first kappa shape index (κ1) is 18.0. The molecular weight excluding hydrogens is 334 g/mol. The molecule has 26 heavy (non-hydrogen) atoms. The first-order valence-corrected chi connectivity index (χ1v) is 8.59. The smallest absolute Gasteiger partial charge is 0.254 e. The molecule has 0 fully saturated rings. The number of benzene rings is 1. The number of aromatic amines is 1. The first-order chi connectivity index (χ1) is 12.5. The van der Waals surface area contributed by atoms with Crippen LogP contribution in [0.4, 0.5) is 0 Å². The van der Waals surface area contributed by atoms with Crippen LogP contribution in [0.1, 0.15) is 22.6 Å². The van der Waals surface area contributed by atoms with Crippen molar-refractivity contribution in [1.82, 2.24) is 15.3 Å². The molecular formula is C19H23N3O4. The number of carbonyl (C=O) groups excluding carboxylic acids is 1. The van der Waals surface area contributed by atoms with Crippen LogP contribution in [0, 0.1) is 19.8 Å². The lowest BCUT2D eigenvalue weighted by atomic mass is 9.96. The quantitative estimate of drug-likeness (QED) is 0.841. The minimum absolute atomic E-state index is 0.0236. The summed E-state index contributed by atoms with van der Waals surface area (Å²) in [7, 11) is 1.62. The van der Waals surface area contributed by atoms with Crippen LogP contribution in [0.15, 0.2) is 23.0 Å². The van der Waals surface area contributed by atoms with E-state index in [4.69, 9.17) is 9.47 Å². The molecule has 0 spiro atoms. The van der Waals surface area contributed by atoms with E-state index in [0.717, 1.165) is 23.5 Å². The summed E-state index contributed by atoms with van der Waals surface area (Å²) in [5.74, 6) is 2.15. The number of ether oxygens (including phenoxy) is 2. The van der Waals surface area contributed by atoms with Crippen LogP contribution in [-0.4, -0.2) is 36.1 Å². The average Bonchev–Trinajstić information content (AvgIpc) is 2.62. The number of aromatic nitrogens is 2. The monoisotopic (exact) mass is 357 g/mol. The van der Waals surface area contributed by atoms with Crippen LogP contribution in [0.25, 0.3) is 0 Å². The van der Waals surface area contributed by atoms with Gasteiger partial charge < -0.3 is 19.8 Å². The number of nitrogens with one attached hydrogen (secondary N) is 2. The first-order valence-electron chi connectivity index (χ1n) is 8.59. The Morgan fingerprint density at radius 2 is 2.23 bits per heavy atom. The Balaban J connectivity index is 1.56. The number of hydrogen-bond donors (Lipinski definition) is 2. The zero-order valence-corrected chi connectivity index (χ0v) is 15.2. The van der Waals surface area contributed by atoms with E-state index in [0.29, 0.717) is 30.2 Å². The Labute approximate surface area is 151 Å². The number of nitrogens with zero attached hydrogens (tertiary/aromatic N) is 1. The third kappa shape index (κ3) is 4.04.